The summed E-state index contributed by atoms with van der Waals surface area (Å²) in [6.07, 6.45) is 8.32. The molecule has 2 rings (SSSR count). The average molecular weight is 290 g/mol. The van der Waals surface area contributed by atoms with Gasteiger partial charge in [0, 0.05) is 18.2 Å². The van der Waals surface area contributed by atoms with Crippen LogP contribution in [0.15, 0.2) is 24.3 Å². The summed E-state index contributed by atoms with van der Waals surface area (Å²) in [4.78, 5) is 10.3. The Bertz CT molecular complexity index is 458. The molecule has 1 aliphatic rings. The van der Waals surface area contributed by atoms with Crippen molar-refractivity contribution in [2.45, 2.75) is 57.9 Å². The lowest BCUT2D eigenvalue weighted by atomic mass is 9.74. The summed E-state index contributed by atoms with van der Waals surface area (Å²) in [6, 6.07) is 7.26. The Hall–Kier alpha value is -1.42. The van der Waals surface area contributed by atoms with Crippen LogP contribution in [-0.2, 0) is 6.42 Å². The fraction of sp³-hybridized carbons (Fsp3) is 0.647. The molecular formula is C17H26N2O2. The van der Waals surface area contributed by atoms with Crippen molar-refractivity contribution in [3.05, 3.63) is 39.9 Å². The van der Waals surface area contributed by atoms with Gasteiger partial charge in [0.05, 0.1) is 4.92 Å². The quantitative estimate of drug-likeness (QED) is 0.634. The summed E-state index contributed by atoms with van der Waals surface area (Å²) in [5.74, 6) is 1.45. The second-order valence-electron chi connectivity index (χ2n) is 6.35. The largest absolute Gasteiger partial charge is 0.327 e. The third-order valence-electron chi connectivity index (χ3n) is 4.80. The smallest absolute Gasteiger partial charge is 0.269 e. The second-order valence-corrected chi connectivity index (χ2v) is 6.35. The zero-order valence-corrected chi connectivity index (χ0v) is 12.8. The molecule has 116 valence electrons. The molecule has 1 aromatic carbocycles. The van der Waals surface area contributed by atoms with Crippen LogP contribution in [0, 0.1) is 22.0 Å². The molecular weight excluding hydrogens is 264 g/mol. The Labute approximate surface area is 126 Å². The second kappa shape index (κ2) is 7.55. The molecule has 1 saturated carbocycles. The lowest BCUT2D eigenvalue weighted by Crippen LogP contribution is -2.36. The van der Waals surface area contributed by atoms with Crippen molar-refractivity contribution in [1.29, 1.82) is 0 Å². The molecule has 3 atom stereocenters. The average Bonchev–Trinajstić information content (AvgIpc) is 2.48. The number of hydrogen-bond donors (Lipinski definition) is 1. The van der Waals surface area contributed by atoms with E-state index < -0.39 is 0 Å². The van der Waals surface area contributed by atoms with Gasteiger partial charge in [-0.15, -0.1) is 0 Å². The van der Waals surface area contributed by atoms with Crippen LogP contribution < -0.4 is 5.73 Å². The Morgan fingerprint density at radius 2 is 1.95 bits per heavy atom. The van der Waals surface area contributed by atoms with Crippen LogP contribution in [0.2, 0.25) is 0 Å². The number of benzene rings is 1. The number of nitro groups is 1. The summed E-state index contributed by atoms with van der Waals surface area (Å²) in [7, 11) is 0. The molecule has 2 N–H and O–H groups in total. The number of aryl methyl sites for hydroxylation is 1. The van der Waals surface area contributed by atoms with Crippen molar-refractivity contribution in [2.75, 3.05) is 0 Å². The van der Waals surface area contributed by atoms with Crippen molar-refractivity contribution < 1.29 is 4.92 Å². The van der Waals surface area contributed by atoms with Crippen molar-refractivity contribution >= 4 is 5.69 Å². The fourth-order valence-corrected chi connectivity index (χ4v) is 3.52. The standard InChI is InChI=1S/C17H26N2O2/c1-2-3-14-7-11-17(18)15(12-14)8-4-13-5-9-16(10-6-13)19(20)21/h5-6,9-10,14-15,17H,2-4,7-8,11-12,18H2,1H3. The molecule has 21 heavy (non-hydrogen) atoms. The first kappa shape index (κ1) is 16.0. The molecule has 1 aromatic rings. The molecule has 1 aliphatic carbocycles. The highest BCUT2D eigenvalue weighted by Gasteiger charge is 2.27. The van der Waals surface area contributed by atoms with Gasteiger partial charge in [-0.25, -0.2) is 0 Å². The lowest BCUT2D eigenvalue weighted by Gasteiger charge is -2.34. The monoisotopic (exact) mass is 290 g/mol. The molecule has 0 radical (unpaired) electrons. The van der Waals surface area contributed by atoms with Crippen LogP contribution >= 0.6 is 0 Å². The van der Waals surface area contributed by atoms with E-state index >= 15 is 0 Å². The Morgan fingerprint density at radius 3 is 2.57 bits per heavy atom. The van der Waals surface area contributed by atoms with Gasteiger partial charge in [-0.2, -0.15) is 0 Å². The predicted molar refractivity (Wildman–Crippen MR) is 85.1 cm³/mol. The summed E-state index contributed by atoms with van der Waals surface area (Å²) in [6.45, 7) is 2.25. The van der Waals surface area contributed by atoms with Crippen LogP contribution in [0.25, 0.3) is 0 Å². The minimum absolute atomic E-state index is 0.163. The number of hydrogen-bond acceptors (Lipinski definition) is 3. The van der Waals surface area contributed by atoms with Gasteiger partial charge in [-0.3, -0.25) is 10.1 Å². The van der Waals surface area contributed by atoms with Crippen molar-refractivity contribution in [1.82, 2.24) is 0 Å². The highest BCUT2D eigenvalue weighted by atomic mass is 16.6. The maximum atomic E-state index is 10.6. The third kappa shape index (κ3) is 4.53. The molecule has 0 aromatic heterocycles. The molecule has 0 aliphatic heterocycles. The highest BCUT2D eigenvalue weighted by Crippen LogP contribution is 2.33. The lowest BCUT2D eigenvalue weighted by molar-refractivity contribution is -0.384. The van der Waals surface area contributed by atoms with Crippen LogP contribution in [0.4, 0.5) is 5.69 Å². The number of nitro benzene ring substituents is 1. The summed E-state index contributed by atoms with van der Waals surface area (Å²) in [5, 5.41) is 10.6. The van der Waals surface area contributed by atoms with E-state index in [1.165, 1.54) is 31.2 Å². The molecule has 1 fully saturated rings. The van der Waals surface area contributed by atoms with E-state index in [9.17, 15) is 10.1 Å². The van der Waals surface area contributed by atoms with Gasteiger partial charge in [-0.05, 0) is 49.5 Å². The molecule has 4 heteroatoms. The van der Waals surface area contributed by atoms with Gasteiger partial charge >= 0.3 is 0 Å². The summed E-state index contributed by atoms with van der Waals surface area (Å²) < 4.78 is 0. The van der Waals surface area contributed by atoms with Gasteiger partial charge in [-0.1, -0.05) is 31.9 Å². The first-order valence-electron chi connectivity index (χ1n) is 8.09. The van der Waals surface area contributed by atoms with E-state index in [1.807, 2.05) is 12.1 Å². The van der Waals surface area contributed by atoms with Crippen LogP contribution in [0.1, 0.15) is 51.0 Å². The Morgan fingerprint density at radius 1 is 1.24 bits per heavy atom. The number of non-ortho nitro benzene ring substituents is 1. The minimum atomic E-state index is -0.351. The summed E-state index contributed by atoms with van der Waals surface area (Å²) >= 11 is 0. The van der Waals surface area contributed by atoms with E-state index in [0.717, 1.165) is 25.2 Å². The molecule has 0 amide bonds. The number of rotatable bonds is 6. The van der Waals surface area contributed by atoms with Gasteiger partial charge in [0.1, 0.15) is 0 Å². The number of nitrogens with zero attached hydrogens (tertiary/aromatic N) is 1. The number of nitrogens with two attached hydrogens (primary N) is 1. The van der Waals surface area contributed by atoms with Gasteiger partial charge < -0.3 is 5.73 Å². The van der Waals surface area contributed by atoms with Crippen LogP contribution in [0.3, 0.4) is 0 Å². The van der Waals surface area contributed by atoms with Gasteiger partial charge in [0.15, 0.2) is 0 Å². The van der Waals surface area contributed by atoms with Crippen LogP contribution in [-0.4, -0.2) is 11.0 Å². The molecule has 3 unspecified atom stereocenters. The van der Waals surface area contributed by atoms with E-state index in [-0.39, 0.29) is 10.6 Å². The van der Waals surface area contributed by atoms with E-state index in [0.29, 0.717) is 12.0 Å². The van der Waals surface area contributed by atoms with E-state index in [4.69, 9.17) is 5.73 Å². The van der Waals surface area contributed by atoms with Crippen molar-refractivity contribution in [3.63, 3.8) is 0 Å². The molecule has 0 spiro atoms. The van der Waals surface area contributed by atoms with Crippen molar-refractivity contribution in [2.24, 2.45) is 17.6 Å². The molecule has 0 bridgehead atoms. The first-order valence-corrected chi connectivity index (χ1v) is 8.09. The topological polar surface area (TPSA) is 69.2 Å². The first-order chi connectivity index (χ1) is 10.1. The minimum Gasteiger partial charge on any atom is -0.327 e. The fourth-order valence-electron chi connectivity index (χ4n) is 3.52. The van der Waals surface area contributed by atoms with Gasteiger partial charge in [0.25, 0.3) is 5.69 Å². The molecule has 0 heterocycles. The Kier molecular flexibility index (Phi) is 5.74. The SMILES string of the molecule is CCCC1CCC(N)C(CCc2ccc([N+](=O)[O-])cc2)C1. The van der Waals surface area contributed by atoms with Crippen LogP contribution in [0.5, 0.6) is 0 Å². The summed E-state index contributed by atoms with van der Waals surface area (Å²) in [5.41, 5.74) is 7.61. The van der Waals surface area contributed by atoms with Crippen molar-refractivity contribution in [3.8, 4) is 0 Å². The Balaban J connectivity index is 1.87. The third-order valence-corrected chi connectivity index (χ3v) is 4.80. The van der Waals surface area contributed by atoms with E-state index in [1.54, 1.807) is 12.1 Å². The highest BCUT2D eigenvalue weighted by molar-refractivity contribution is 5.32. The normalized spacial score (nSPS) is 25.7. The molecule has 4 nitrogen and oxygen atoms in total. The predicted octanol–water partition coefficient (Wildman–Crippen LogP) is 4.07. The maximum absolute atomic E-state index is 10.6. The maximum Gasteiger partial charge on any atom is 0.269 e. The van der Waals surface area contributed by atoms with E-state index in [2.05, 4.69) is 6.92 Å². The molecule has 0 saturated heterocycles. The zero-order chi connectivity index (χ0) is 15.2. The van der Waals surface area contributed by atoms with Gasteiger partial charge in [0.2, 0.25) is 0 Å². The zero-order valence-electron chi connectivity index (χ0n) is 12.8.